The Labute approximate surface area is 145 Å². The average Bonchev–Trinajstić information content (AvgIpc) is 2.90. The molecule has 0 fully saturated rings. The number of imidazole rings is 1. The van der Waals surface area contributed by atoms with Gasteiger partial charge in [-0.1, -0.05) is 11.6 Å². The van der Waals surface area contributed by atoms with Crippen molar-refractivity contribution in [2.24, 2.45) is 0 Å². The zero-order valence-electron chi connectivity index (χ0n) is 13.8. The first kappa shape index (κ1) is 16.3. The van der Waals surface area contributed by atoms with Gasteiger partial charge >= 0.3 is 0 Å². The number of hydrogen-bond donors (Lipinski definition) is 1. The highest BCUT2D eigenvalue weighted by Gasteiger charge is 2.11. The van der Waals surface area contributed by atoms with Crippen molar-refractivity contribution in [2.75, 3.05) is 12.4 Å². The molecule has 0 radical (unpaired) electrons. The number of methoxy groups -OCH3 is 1. The van der Waals surface area contributed by atoms with Crippen LogP contribution in [0.25, 0.3) is 11.0 Å². The molecule has 5 nitrogen and oxygen atoms in total. The van der Waals surface area contributed by atoms with Crippen LogP contribution < -0.4 is 10.1 Å². The Morgan fingerprint density at radius 1 is 1.25 bits per heavy atom. The van der Waals surface area contributed by atoms with Crippen LogP contribution in [0.15, 0.2) is 36.7 Å². The zero-order chi connectivity index (χ0) is 17.3. The van der Waals surface area contributed by atoms with Crippen molar-refractivity contribution in [3.05, 3.63) is 52.8 Å². The molecule has 24 heavy (non-hydrogen) atoms. The van der Waals surface area contributed by atoms with E-state index in [4.69, 9.17) is 16.3 Å². The molecule has 2 aromatic carbocycles. The first-order chi connectivity index (χ1) is 11.5. The van der Waals surface area contributed by atoms with Crippen molar-refractivity contribution in [2.45, 2.75) is 20.4 Å². The number of nitrogens with zero attached hydrogens (tertiary/aromatic N) is 2. The lowest BCUT2D eigenvalue weighted by Crippen LogP contribution is -2.18. The Balaban J connectivity index is 1.83. The highest BCUT2D eigenvalue weighted by atomic mass is 35.5. The Kier molecular flexibility index (Phi) is 4.44. The Hall–Kier alpha value is -2.53. The second kappa shape index (κ2) is 6.53. The van der Waals surface area contributed by atoms with Gasteiger partial charge < -0.3 is 14.6 Å². The summed E-state index contributed by atoms with van der Waals surface area (Å²) in [5.74, 6) is 0.391. The fourth-order valence-electron chi connectivity index (χ4n) is 2.56. The maximum Gasteiger partial charge on any atom is 0.244 e. The van der Waals surface area contributed by atoms with Crippen LogP contribution in [0.1, 0.15) is 11.1 Å². The molecule has 1 amide bonds. The summed E-state index contributed by atoms with van der Waals surface area (Å²) in [6.45, 7) is 4.25. The molecule has 0 aliphatic carbocycles. The van der Waals surface area contributed by atoms with Gasteiger partial charge in [0.25, 0.3) is 0 Å². The summed E-state index contributed by atoms with van der Waals surface area (Å²) in [4.78, 5) is 16.8. The number of anilines is 1. The van der Waals surface area contributed by atoms with Crippen molar-refractivity contribution < 1.29 is 9.53 Å². The molecule has 0 bridgehead atoms. The summed E-state index contributed by atoms with van der Waals surface area (Å²) in [7, 11) is 1.55. The van der Waals surface area contributed by atoms with Crippen LogP contribution in [0, 0.1) is 13.8 Å². The minimum atomic E-state index is -0.173. The molecular formula is C18H18ClN3O2. The number of halogens is 1. The predicted molar refractivity (Wildman–Crippen MR) is 95.8 cm³/mol. The summed E-state index contributed by atoms with van der Waals surface area (Å²) in [5.41, 5.74) is 4.71. The van der Waals surface area contributed by atoms with Gasteiger partial charge in [-0.15, -0.1) is 0 Å². The number of rotatable bonds is 4. The zero-order valence-corrected chi connectivity index (χ0v) is 14.5. The van der Waals surface area contributed by atoms with Gasteiger partial charge in [-0.05, 0) is 55.3 Å². The number of ether oxygens (including phenoxy) is 1. The van der Waals surface area contributed by atoms with Gasteiger partial charge in [0, 0.05) is 5.02 Å². The smallest absolute Gasteiger partial charge is 0.244 e. The van der Waals surface area contributed by atoms with E-state index in [0.717, 1.165) is 11.0 Å². The highest BCUT2D eigenvalue weighted by Crippen LogP contribution is 2.27. The van der Waals surface area contributed by atoms with E-state index in [1.807, 2.05) is 30.5 Å². The number of carbonyl (C=O) groups excluding carboxylic acids is 1. The highest BCUT2D eigenvalue weighted by molar-refractivity contribution is 6.31. The molecule has 3 aromatic rings. The number of hydrogen-bond acceptors (Lipinski definition) is 3. The van der Waals surface area contributed by atoms with Crippen molar-refractivity contribution in [1.29, 1.82) is 0 Å². The van der Waals surface area contributed by atoms with Crippen LogP contribution in [0.5, 0.6) is 5.75 Å². The first-order valence-electron chi connectivity index (χ1n) is 7.53. The molecule has 0 aliphatic heterocycles. The van der Waals surface area contributed by atoms with Crippen molar-refractivity contribution in [3.63, 3.8) is 0 Å². The average molecular weight is 344 g/mol. The number of nitrogens with one attached hydrogen (secondary N) is 1. The Morgan fingerprint density at radius 3 is 2.75 bits per heavy atom. The third kappa shape index (κ3) is 3.21. The van der Waals surface area contributed by atoms with Crippen LogP contribution in [-0.4, -0.2) is 22.6 Å². The molecule has 1 aromatic heterocycles. The lowest BCUT2D eigenvalue weighted by molar-refractivity contribution is -0.116. The lowest BCUT2D eigenvalue weighted by Gasteiger charge is -2.11. The number of carbonyl (C=O) groups is 1. The molecule has 0 atom stereocenters. The van der Waals surface area contributed by atoms with Crippen LogP contribution in [0.3, 0.4) is 0 Å². The van der Waals surface area contributed by atoms with E-state index in [0.29, 0.717) is 16.5 Å². The molecule has 0 aliphatic rings. The third-order valence-electron chi connectivity index (χ3n) is 3.99. The van der Waals surface area contributed by atoms with Crippen LogP contribution in [0.4, 0.5) is 5.69 Å². The van der Waals surface area contributed by atoms with Gasteiger partial charge in [-0.25, -0.2) is 4.98 Å². The number of aryl methyl sites for hydroxylation is 2. The molecule has 0 saturated carbocycles. The summed E-state index contributed by atoms with van der Waals surface area (Å²) in [5, 5.41) is 3.37. The largest absolute Gasteiger partial charge is 0.495 e. The number of fused-ring (bicyclic) bond motifs is 1. The van der Waals surface area contributed by atoms with E-state index < -0.39 is 0 Å². The standard InChI is InChI=1S/C18H18ClN3O2/c1-11-6-14-16(7-12(11)2)22(10-20-14)9-18(23)21-15-8-13(19)4-5-17(15)24-3/h4-8,10H,9H2,1-3H3,(H,21,23). The van der Waals surface area contributed by atoms with Gasteiger partial charge in [-0.3, -0.25) is 4.79 Å². The monoisotopic (exact) mass is 343 g/mol. The SMILES string of the molecule is COc1ccc(Cl)cc1NC(=O)Cn1cnc2cc(C)c(C)cc21. The fourth-order valence-corrected chi connectivity index (χ4v) is 2.73. The molecule has 124 valence electrons. The second-order valence-electron chi connectivity index (χ2n) is 5.69. The first-order valence-corrected chi connectivity index (χ1v) is 7.91. The molecule has 0 spiro atoms. The number of benzene rings is 2. The molecule has 6 heteroatoms. The minimum absolute atomic E-state index is 0.161. The second-order valence-corrected chi connectivity index (χ2v) is 6.13. The molecule has 0 unspecified atom stereocenters. The molecule has 1 heterocycles. The normalized spacial score (nSPS) is 10.8. The molecule has 1 N–H and O–H groups in total. The van der Waals surface area contributed by atoms with Crippen LogP contribution in [-0.2, 0) is 11.3 Å². The fraction of sp³-hybridized carbons (Fsp3) is 0.222. The van der Waals surface area contributed by atoms with Gasteiger partial charge in [-0.2, -0.15) is 0 Å². The van der Waals surface area contributed by atoms with Gasteiger partial charge in [0.2, 0.25) is 5.91 Å². The number of aromatic nitrogens is 2. The molecule has 0 saturated heterocycles. The van der Waals surface area contributed by atoms with Crippen molar-refractivity contribution >= 4 is 34.2 Å². The summed E-state index contributed by atoms with van der Waals surface area (Å²) in [6, 6.07) is 9.17. The number of amides is 1. The van der Waals surface area contributed by atoms with Gasteiger partial charge in [0.05, 0.1) is 30.2 Å². The molecule has 3 rings (SSSR count). The van der Waals surface area contributed by atoms with Crippen LogP contribution in [0.2, 0.25) is 5.02 Å². The van der Waals surface area contributed by atoms with Crippen LogP contribution >= 0.6 is 11.6 Å². The van der Waals surface area contributed by atoms with E-state index in [-0.39, 0.29) is 12.5 Å². The van der Waals surface area contributed by atoms with Crippen molar-refractivity contribution in [3.8, 4) is 5.75 Å². The topological polar surface area (TPSA) is 56.1 Å². The summed E-state index contributed by atoms with van der Waals surface area (Å²) < 4.78 is 7.07. The summed E-state index contributed by atoms with van der Waals surface area (Å²) >= 11 is 5.99. The van der Waals surface area contributed by atoms with E-state index in [1.165, 1.54) is 11.1 Å². The quantitative estimate of drug-likeness (QED) is 0.780. The molecular weight excluding hydrogens is 326 g/mol. The maximum atomic E-state index is 12.4. The van der Waals surface area contributed by atoms with E-state index in [2.05, 4.69) is 10.3 Å². The maximum absolute atomic E-state index is 12.4. The van der Waals surface area contributed by atoms with E-state index in [1.54, 1.807) is 31.6 Å². The van der Waals surface area contributed by atoms with Gasteiger partial charge in [0.15, 0.2) is 0 Å². The minimum Gasteiger partial charge on any atom is -0.495 e. The van der Waals surface area contributed by atoms with Crippen molar-refractivity contribution in [1.82, 2.24) is 9.55 Å². The van der Waals surface area contributed by atoms with E-state index >= 15 is 0 Å². The summed E-state index contributed by atoms with van der Waals surface area (Å²) in [6.07, 6.45) is 1.68. The Bertz CT molecular complexity index is 918. The predicted octanol–water partition coefficient (Wildman–Crippen LogP) is 3.95. The lowest BCUT2D eigenvalue weighted by atomic mass is 10.1. The van der Waals surface area contributed by atoms with Gasteiger partial charge in [0.1, 0.15) is 12.3 Å². The third-order valence-corrected chi connectivity index (χ3v) is 4.22. The van der Waals surface area contributed by atoms with E-state index in [9.17, 15) is 4.79 Å². The Morgan fingerprint density at radius 2 is 2.00 bits per heavy atom.